The number of fused-ring (bicyclic) bond motifs is 2. The summed E-state index contributed by atoms with van der Waals surface area (Å²) in [4.78, 5) is 30.4. The third-order valence-corrected chi connectivity index (χ3v) is 6.52. The molecular formula is C27H23ClN4O2S. The molecule has 2 amide bonds. The van der Waals surface area contributed by atoms with Crippen LogP contribution in [0.25, 0.3) is 21.5 Å². The molecule has 0 atom stereocenters. The lowest BCUT2D eigenvalue weighted by atomic mass is 9.89. The molecule has 1 aliphatic heterocycles. The number of benzene rings is 4. The molecule has 0 saturated heterocycles. The summed E-state index contributed by atoms with van der Waals surface area (Å²) in [7, 11) is 3.83. The van der Waals surface area contributed by atoms with E-state index in [1.807, 2.05) is 67.5 Å². The van der Waals surface area contributed by atoms with Gasteiger partial charge in [-0.25, -0.2) is 0 Å². The van der Waals surface area contributed by atoms with Crippen LogP contribution in [-0.2, 0) is 0 Å². The summed E-state index contributed by atoms with van der Waals surface area (Å²) in [6.07, 6.45) is 0. The molecule has 0 saturated carbocycles. The van der Waals surface area contributed by atoms with Crippen LogP contribution in [0.5, 0.6) is 0 Å². The molecule has 0 aliphatic carbocycles. The first-order valence-corrected chi connectivity index (χ1v) is 11.9. The van der Waals surface area contributed by atoms with Gasteiger partial charge in [0.1, 0.15) is 0 Å². The van der Waals surface area contributed by atoms with E-state index in [2.05, 4.69) is 10.6 Å². The number of nitrogens with one attached hydrogen (secondary N) is 2. The quantitative estimate of drug-likeness (QED) is 0.210. The standard InChI is InChI=1S/C27H23ClN4O2S/c1-31(2)13-14-32-25(33)20-7-3-5-16-15-17-6-4-8-21(23(17)24(22(16)20)26(32)34)30-27(35)29-19-11-9-18(28)10-12-19/h3-12,15H,13-14H2,1-2H3,(H2,29,30,35). The molecule has 1 aliphatic rings. The second-order valence-electron chi connectivity index (χ2n) is 8.71. The van der Waals surface area contributed by atoms with E-state index in [0.717, 1.165) is 21.8 Å². The molecular weight excluding hydrogens is 480 g/mol. The summed E-state index contributed by atoms with van der Waals surface area (Å²) in [5, 5.41) is 10.6. The van der Waals surface area contributed by atoms with Crippen molar-refractivity contribution in [3.63, 3.8) is 0 Å². The van der Waals surface area contributed by atoms with Gasteiger partial charge in [-0.3, -0.25) is 14.5 Å². The summed E-state index contributed by atoms with van der Waals surface area (Å²) in [6, 6.07) is 20.6. The Hall–Kier alpha value is -3.52. The molecule has 0 fully saturated rings. The van der Waals surface area contributed by atoms with Gasteiger partial charge in [-0.1, -0.05) is 35.9 Å². The largest absolute Gasteiger partial charge is 0.332 e. The van der Waals surface area contributed by atoms with E-state index in [1.165, 1.54) is 4.90 Å². The summed E-state index contributed by atoms with van der Waals surface area (Å²) in [5.41, 5.74) is 2.53. The highest BCUT2D eigenvalue weighted by molar-refractivity contribution is 7.80. The van der Waals surface area contributed by atoms with Crippen molar-refractivity contribution < 1.29 is 9.59 Å². The van der Waals surface area contributed by atoms with Crippen LogP contribution in [0.3, 0.4) is 0 Å². The first-order chi connectivity index (χ1) is 16.8. The number of imide groups is 1. The maximum absolute atomic E-state index is 13.8. The highest BCUT2D eigenvalue weighted by atomic mass is 35.5. The lowest BCUT2D eigenvalue weighted by molar-refractivity contribution is 0.0602. The second kappa shape index (κ2) is 9.26. The van der Waals surface area contributed by atoms with Gasteiger partial charge >= 0.3 is 0 Å². The first kappa shape index (κ1) is 23.2. The molecule has 4 aromatic carbocycles. The van der Waals surface area contributed by atoms with Gasteiger partial charge in [0.05, 0.1) is 5.56 Å². The molecule has 8 heteroatoms. The number of likely N-dealkylation sites (N-methyl/N-ethyl adjacent to an activating group) is 1. The Morgan fingerprint density at radius 3 is 2.31 bits per heavy atom. The van der Waals surface area contributed by atoms with Gasteiger partial charge in [0.15, 0.2) is 5.11 Å². The number of hydrogen-bond acceptors (Lipinski definition) is 4. The molecule has 35 heavy (non-hydrogen) atoms. The Morgan fingerprint density at radius 2 is 1.60 bits per heavy atom. The summed E-state index contributed by atoms with van der Waals surface area (Å²) >= 11 is 11.5. The number of hydrogen-bond donors (Lipinski definition) is 2. The van der Waals surface area contributed by atoms with Crippen molar-refractivity contribution in [3.05, 3.63) is 82.9 Å². The molecule has 176 valence electrons. The van der Waals surface area contributed by atoms with Gasteiger partial charge in [-0.2, -0.15) is 0 Å². The molecule has 0 radical (unpaired) electrons. The minimum Gasteiger partial charge on any atom is -0.332 e. The number of anilines is 2. The zero-order chi connectivity index (χ0) is 24.7. The molecule has 5 rings (SSSR count). The Kier molecular flexibility index (Phi) is 6.15. The minimum atomic E-state index is -0.294. The number of thiocarbonyl (C=S) groups is 1. The van der Waals surface area contributed by atoms with Crippen LogP contribution in [0.4, 0.5) is 11.4 Å². The Balaban J connectivity index is 1.62. The average molecular weight is 503 g/mol. The normalized spacial score (nSPS) is 13.1. The van der Waals surface area contributed by atoms with E-state index in [0.29, 0.717) is 45.4 Å². The van der Waals surface area contributed by atoms with Crippen molar-refractivity contribution in [1.29, 1.82) is 0 Å². The third kappa shape index (κ3) is 4.34. The molecule has 0 unspecified atom stereocenters. The van der Waals surface area contributed by atoms with E-state index >= 15 is 0 Å². The predicted molar refractivity (Wildman–Crippen MR) is 147 cm³/mol. The second-order valence-corrected chi connectivity index (χ2v) is 9.55. The van der Waals surface area contributed by atoms with E-state index in [-0.39, 0.29) is 11.8 Å². The number of carbonyl (C=O) groups excluding carboxylic acids is 2. The topological polar surface area (TPSA) is 64.7 Å². The number of nitrogens with zero attached hydrogens (tertiary/aromatic N) is 2. The summed E-state index contributed by atoms with van der Waals surface area (Å²) < 4.78 is 0. The fourth-order valence-electron chi connectivity index (χ4n) is 4.42. The number of rotatable bonds is 5. The van der Waals surface area contributed by atoms with E-state index in [4.69, 9.17) is 23.8 Å². The van der Waals surface area contributed by atoms with E-state index in [1.54, 1.807) is 18.2 Å². The van der Waals surface area contributed by atoms with Crippen LogP contribution in [0.1, 0.15) is 20.7 Å². The van der Waals surface area contributed by atoms with Crippen LogP contribution in [0, 0.1) is 0 Å². The minimum absolute atomic E-state index is 0.264. The van der Waals surface area contributed by atoms with Crippen molar-refractivity contribution >= 4 is 73.7 Å². The monoisotopic (exact) mass is 502 g/mol. The molecule has 0 spiro atoms. The number of halogens is 1. The predicted octanol–water partition coefficient (Wildman–Crippen LogP) is 5.61. The highest BCUT2D eigenvalue weighted by Crippen LogP contribution is 2.39. The van der Waals surface area contributed by atoms with Crippen LogP contribution in [0.2, 0.25) is 5.02 Å². The van der Waals surface area contributed by atoms with Crippen LogP contribution in [0.15, 0.2) is 66.7 Å². The van der Waals surface area contributed by atoms with Gasteiger partial charge in [0.2, 0.25) is 0 Å². The zero-order valence-electron chi connectivity index (χ0n) is 19.3. The molecule has 0 bridgehead atoms. The Bertz CT molecular complexity index is 1500. The number of amides is 2. The van der Waals surface area contributed by atoms with Gasteiger partial charge in [0.25, 0.3) is 11.8 Å². The van der Waals surface area contributed by atoms with Crippen LogP contribution in [-0.4, -0.2) is 53.9 Å². The lowest BCUT2D eigenvalue weighted by Crippen LogP contribution is -2.43. The highest BCUT2D eigenvalue weighted by Gasteiger charge is 2.34. The average Bonchev–Trinajstić information content (AvgIpc) is 2.83. The molecule has 2 N–H and O–H groups in total. The van der Waals surface area contributed by atoms with Crippen LogP contribution >= 0.6 is 23.8 Å². The number of carbonyl (C=O) groups is 2. The first-order valence-electron chi connectivity index (χ1n) is 11.2. The Labute approximate surface area is 213 Å². The van der Waals surface area contributed by atoms with E-state index in [9.17, 15) is 9.59 Å². The van der Waals surface area contributed by atoms with Crippen molar-refractivity contribution in [3.8, 4) is 0 Å². The fourth-order valence-corrected chi connectivity index (χ4v) is 4.78. The Morgan fingerprint density at radius 1 is 0.914 bits per heavy atom. The maximum Gasteiger partial charge on any atom is 0.262 e. The van der Waals surface area contributed by atoms with Gasteiger partial charge in [-0.15, -0.1) is 0 Å². The van der Waals surface area contributed by atoms with Gasteiger partial charge in [-0.05, 0) is 79.6 Å². The summed E-state index contributed by atoms with van der Waals surface area (Å²) in [6.45, 7) is 0.886. The van der Waals surface area contributed by atoms with Gasteiger partial charge in [0, 0.05) is 45.8 Å². The van der Waals surface area contributed by atoms with E-state index < -0.39 is 0 Å². The lowest BCUT2D eigenvalue weighted by Gasteiger charge is -2.29. The third-order valence-electron chi connectivity index (χ3n) is 6.06. The fraction of sp³-hybridized carbons (Fsp3) is 0.148. The molecule has 1 heterocycles. The van der Waals surface area contributed by atoms with Gasteiger partial charge < -0.3 is 15.5 Å². The smallest absolute Gasteiger partial charge is 0.262 e. The summed E-state index contributed by atoms with van der Waals surface area (Å²) in [5.74, 6) is -0.559. The maximum atomic E-state index is 13.8. The van der Waals surface area contributed by atoms with Crippen molar-refractivity contribution in [2.24, 2.45) is 0 Å². The van der Waals surface area contributed by atoms with Crippen LogP contribution < -0.4 is 10.6 Å². The molecule has 4 aromatic rings. The van der Waals surface area contributed by atoms with Crippen molar-refractivity contribution in [2.75, 3.05) is 37.8 Å². The van der Waals surface area contributed by atoms with Crippen molar-refractivity contribution in [2.45, 2.75) is 0 Å². The SMILES string of the molecule is CN(C)CCN1C(=O)c2cccc3cc4cccc(NC(=S)Nc5ccc(Cl)cc5)c4c(c23)C1=O. The molecule has 0 aromatic heterocycles. The molecule has 6 nitrogen and oxygen atoms in total. The van der Waals surface area contributed by atoms with Crippen molar-refractivity contribution in [1.82, 2.24) is 9.80 Å². The zero-order valence-corrected chi connectivity index (χ0v) is 20.8.